The van der Waals surface area contributed by atoms with Crippen molar-refractivity contribution in [1.29, 1.82) is 0 Å². The summed E-state index contributed by atoms with van der Waals surface area (Å²) in [5.74, 6) is 2.47. The fourth-order valence-corrected chi connectivity index (χ4v) is 1.49. The van der Waals surface area contributed by atoms with Gasteiger partial charge in [-0.1, -0.05) is 0 Å². The van der Waals surface area contributed by atoms with E-state index in [0.717, 1.165) is 22.8 Å². The lowest BCUT2D eigenvalue weighted by atomic mass is 10.2. The molecular formula is C12H15NO3. The quantitative estimate of drug-likeness (QED) is 0.841. The van der Waals surface area contributed by atoms with E-state index in [-0.39, 0.29) is 0 Å². The summed E-state index contributed by atoms with van der Waals surface area (Å²) in [6.45, 7) is 3.30. The van der Waals surface area contributed by atoms with Crippen LogP contribution in [0, 0.1) is 6.92 Å². The number of rotatable bonds is 5. The van der Waals surface area contributed by atoms with E-state index in [0.29, 0.717) is 19.8 Å². The van der Waals surface area contributed by atoms with E-state index >= 15 is 0 Å². The van der Waals surface area contributed by atoms with Crippen LogP contribution >= 0.6 is 0 Å². The Labute approximate surface area is 94.0 Å². The van der Waals surface area contributed by atoms with Gasteiger partial charge in [0, 0.05) is 5.56 Å². The van der Waals surface area contributed by atoms with Gasteiger partial charge in [-0.2, -0.15) is 0 Å². The summed E-state index contributed by atoms with van der Waals surface area (Å²) in [6.07, 6.45) is 1.63. The Kier molecular flexibility index (Phi) is 3.44. The predicted molar refractivity (Wildman–Crippen MR) is 58.5 cm³/mol. The average Bonchev–Trinajstić information content (AvgIpc) is 2.89. The van der Waals surface area contributed by atoms with Crippen molar-refractivity contribution >= 4 is 0 Å². The Morgan fingerprint density at radius 3 is 2.81 bits per heavy atom. The van der Waals surface area contributed by atoms with Gasteiger partial charge in [-0.3, -0.25) is 0 Å². The molecule has 86 valence electrons. The molecule has 0 amide bonds. The normalized spacial score (nSPS) is 10.9. The number of hydrogen-bond donors (Lipinski definition) is 1. The van der Waals surface area contributed by atoms with Crippen LogP contribution in [0.3, 0.4) is 0 Å². The number of hydrogen-bond acceptors (Lipinski definition) is 4. The first-order valence-electron chi connectivity index (χ1n) is 5.18. The molecule has 2 aromatic heterocycles. The third kappa shape index (κ3) is 2.53. The Bertz CT molecular complexity index is 431. The lowest BCUT2D eigenvalue weighted by Crippen LogP contribution is -1.94. The van der Waals surface area contributed by atoms with Crippen LogP contribution in [0.5, 0.6) is 0 Å². The SMILES string of the molecule is Cc1oc(CN)cc1COCc1ccco1. The van der Waals surface area contributed by atoms with Crippen LogP contribution in [0.4, 0.5) is 0 Å². The van der Waals surface area contributed by atoms with E-state index < -0.39 is 0 Å². The fraction of sp³-hybridized carbons (Fsp3) is 0.333. The van der Waals surface area contributed by atoms with Crippen LogP contribution in [0.2, 0.25) is 0 Å². The van der Waals surface area contributed by atoms with Gasteiger partial charge in [0.05, 0.1) is 19.4 Å². The monoisotopic (exact) mass is 221 g/mol. The average molecular weight is 221 g/mol. The molecule has 0 spiro atoms. The molecule has 0 aliphatic rings. The van der Waals surface area contributed by atoms with Crippen LogP contribution in [0.25, 0.3) is 0 Å². The van der Waals surface area contributed by atoms with Gasteiger partial charge in [0.2, 0.25) is 0 Å². The van der Waals surface area contributed by atoms with Crippen molar-refractivity contribution in [1.82, 2.24) is 0 Å². The fourth-order valence-electron chi connectivity index (χ4n) is 1.49. The highest BCUT2D eigenvalue weighted by molar-refractivity contribution is 5.19. The minimum atomic E-state index is 0.416. The van der Waals surface area contributed by atoms with Crippen molar-refractivity contribution in [2.24, 2.45) is 5.73 Å². The van der Waals surface area contributed by atoms with Crippen molar-refractivity contribution in [3.63, 3.8) is 0 Å². The lowest BCUT2D eigenvalue weighted by Gasteiger charge is -2.00. The zero-order chi connectivity index (χ0) is 11.4. The molecule has 2 N–H and O–H groups in total. The molecule has 0 atom stereocenters. The highest BCUT2D eigenvalue weighted by atomic mass is 16.5. The molecule has 0 aromatic carbocycles. The maximum atomic E-state index is 5.51. The molecule has 2 aromatic rings. The van der Waals surface area contributed by atoms with Crippen LogP contribution < -0.4 is 5.73 Å². The van der Waals surface area contributed by atoms with Crippen molar-refractivity contribution in [2.45, 2.75) is 26.7 Å². The summed E-state index contributed by atoms with van der Waals surface area (Å²) in [4.78, 5) is 0. The third-order valence-corrected chi connectivity index (χ3v) is 2.35. The summed E-state index contributed by atoms with van der Waals surface area (Å²) in [7, 11) is 0. The first-order valence-corrected chi connectivity index (χ1v) is 5.18. The van der Waals surface area contributed by atoms with Crippen molar-refractivity contribution < 1.29 is 13.6 Å². The van der Waals surface area contributed by atoms with Crippen LogP contribution in [0.15, 0.2) is 33.3 Å². The second-order valence-electron chi connectivity index (χ2n) is 3.57. The van der Waals surface area contributed by atoms with Crippen LogP contribution in [0.1, 0.15) is 22.8 Å². The molecule has 0 bridgehead atoms. The first kappa shape index (κ1) is 11.0. The predicted octanol–water partition coefficient (Wildman–Crippen LogP) is 2.36. The van der Waals surface area contributed by atoms with E-state index in [1.54, 1.807) is 6.26 Å². The van der Waals surface area contributed by atoms with E-state index in [2.05, 4.69) is 0 Å². The third-order valence-electron chi connectivity index (χ3n) is 2.35. The number of nitrogens with two attached hydrogens (primary N) is 1. The Morgan fingerprint density at radius 1 is 1.31 bits per heavy atom. The standard InChI is InChI=1S/C12H15NO3/c1-9-10(5-12(6-13)16-9)7-14-8-11-3-2-4-15-11/h2-5H,6-8,13H2,1H3. The molecule has 2 rings (SSSR count). The second-order valence-corrected chi connectivity index (χ2v) is 3.57. The largest absolute Gasteiger partial charge is 0.467 e. The van der Waals surface area contributed by atoms with Gasteiger partial charge in [-0.05, 0) is 25.1 Å². The molecule has 2 heterocycles. The van der Waals surface area contributed by atoms with Gasteiger partial charge in [0.15, 0.2) is 0 Å². The molecule has 4 nitrogen and oxygen atoms in total. The molecule has 4 heteroatoms. The molecule has 0 radical (unpaired) electrons. The summed E-state index contributed by atoms with van der Waals surface area (Å²) in [5, 5.41) is 0. The Hall–Kier alpha value is -1.52. The van der Waals surface area contributed by atoms with Crippen molar-refractivity contribution in [3.05, 3.63) is 47.3 Å². The maximum absolute atomic E-state index is 5.51. The topological polar surface area (TPSA) is 61.5 Å². The molecular weight excluding hydrogens is 206 g/mol. The van der Waals surface area contributed by atoms with E-state index in [1.807, 2.05) is 25.1 Å². The van der Waals surface area contributed by atoms with Gasteiger partial charge in [0.25, 0.3) is 0 Å². The maximum Gasteiger partial charge on any atom is 0.129 e. The lowest BCUT2D eigenvalue weighted by molar-refractivity contribution is 0.0921. The van der Waals surface area contributed by atoms with Crippen molar-refractivity contribution in [3.8, 4) is 0 Å². The molecule has 16 heavy (non-hydrogen) atoms. The number of aryl methyl sites for hydroxylation is 1. The molecule has 0 saturated heterocycles. The Balaban J connectivity index is 1.87. The minimum absolute atomic E-state index is 0.416. The summed E-state index contributed by atoms with van der Waals surface area (Å²) in [6, 6.07) is 5.65. The molecule has 0 unspecified atom stereocenters. The zero-order valence-electron chi connectivity index (χ0n) is 9.23. The smallest absolute Gasteiger partial charge is 0.129 e. The molecule has 0 saturated carbocycles. The Morgan fingerprint density at radius 2 is 2.19 bits per heavy atom. The second kappa shape index (κ2) is 5.01. The number of furan rings is 2. The van der Waals surface area contributed by atoms with Gasteiger partial charge >= 0.3 is 0 Å². The van der Waals surface area contributed by atoms with Gasteiger partial charge in [0.1, 0.15) is 23.9 Å². The van der Waals surface area contributed by atoms with Gasteiger partial charge < -0.3 is 19.3 Å². The molecule has 0 aliphatic heterocycles. The van der Waals surface area contributed by atoms with E-state index in [4.69, 9.17) is 19.3 Å². The highest BCUT2D eigenvalue weighted by Crippen LogP contribution is 2.16. The zero-order valence-corrected chi connectivity index (χ0v) is 9.23. The number of ether oxygens (including phenoxy) is 1. The van der Waals surface area contributed by atoms with E-state index in [1.165, 1.54) is 0 Å². The van der Waals surface area contributed by atoms with Crippen LogP contribution in [-0.2, 0) is 24.5 Å². The van der Waals surface area contributed by atoms with E-state index in [9.17, 15) is 0 Å². The van der Waals surface area contributed by atoms with Gasteiger partial charge in [-0.25, -0.2) is 0 Å². The summed E-state index contributed by atoms with van der Waals surface area (Å²) < 4.78 is 16.1. The van der Waals surface area contributed by atoms with Crippen molar-refractivity contribution in [2.75, 3.05) is 0 Å². The van der Waals surface area contributed by atoms with Gasteiger partial charge in [-0.15, -0.1) is 0 Å². The summed E-state index contributed by atoms with van der Waals surface area (Å²) >= 11 is 0. The summed E-state index contributed by atoms with van der Waals surface area (Å²) in [5.41, 5.74) is 6.52. The highest BCUT2D eigenvalue weighted by Gasteiger charge is 2.06. The van der Waals surface area contributed by atoms with Crippen LogP contribution in [-0.4, -0.2) is 0 Å². The first-order chi connectivity index (χ1) is 7.79. The molecule has 0 aliphatic carbocycles. The molecule has 0 fully saturated rings. The minimum Gasteiger partial charge on any atom is -0.467 e.